The van der Waals surface area contributed by atoms with E-state index in [0.717, 1.165) is 17.9 Å². The summed E-state index contributed by atoms with van der Waals surface area (Å²) in [4.78, 5) is 10.9. The molecule has 0 radical (unpaired) electrons. The molecule has 0 N–H and O–H groups in total. The van der Waals surface area contributed by atoms with Gasteiger partial charge in [-0.2, -0.15) is 0 Å². The molecule has 0 aliphatic carbocycles. The van der Waals surface area contributed by atoms with E-state index in [-0.39, 0.29) is 13.9 Å². The Labute approximate surface area is 62.0 Å². The average molecular weight is 158 g/mol. The van der Waals surface area contributed by atoms with Gasteiger partial charge in [0.1, 0.15) is 0 Å². The van der Waals surface area contributed by atoms with Crippen molar-refractivity contribution in [3.63, 3.8) is 0 Å². The highest BCUT2D eigenvalue weighted by Gasteiger charge is 2.17. The van der Waals surface area contributed by atoms with Gasteiger partial charge in [-0.15, -0.1) is 7.92 Å². The smallest absolute Gasteiger partial charge is 0.333 e. The van der Waals surface area contributed by atoms with Crippen molar-refractivity contribution in [2.45, 2.75) is 0 Å². The van der Waals surface area contributed by atoms with Crippen LogP contribution in [0.5, 0.6) is 0 Å². The second-order valence-corrected chi connectivity index (χ2v) is 4.81. The van der Waals surface area contributed by atoms with Gasteiger partial charge in [0.25, 0.3) is 0 Å². The van der Waals surface area contributed by atoms with Crippen molar-refractivity contribution in [3.8, 4) is 0 Å². The molecule has 0 fully saturated rings. The maximum absolute atomic E-state index is 10.9. The third kappa shape index (κ3) is 1.57. The molecule has 1 rings (SSSR count). The van der Waals surface area contributed by atoms with Gasteiger partial charge in [0.2, 0.25) is 0 Å². The molecule has 1 aliphatic heterocycles. The topological polar surface area (TPSA) is 26.3 Å². The van der Waals surface area contributed by atoms with E-state index in [1.807, 2.05) is 6.08 Å². The zero-order valence-corrected chi connectivity index (χ0v) is 7.15. The van der Waals surface area contributed by atoms with E-state index in [1.54, 1.807) is 0 Å². The molecule has 0 aromatic heterocycles. The van der Waals surface area contributed by atoms with Crippen molar-refractivity contribution < 1.29 is 9.53 Å². The minimum absolute atomic E-state index is 0.0641. The molecule has 1 unspecified atom stereocenters. The minimum atomic E-state index is -0.146. The van der Waals surface area contributed by atoms with Gasteiger partial charge in [0.15, 0.2) is 0 Å². The second kappa shape index (κ2) is 3.16. The molecule has 1 aliphatic rings. The zero-order valence-electron chi connectivity index (χ0n) is 6.26. The molecule has 1 heterocycles. The summed E-state index contributed by atoms with van der Waals surface area (Å²) in [6.07, 6.45) is 4.03. The summed E-state index contributed by atoms with van der Waals surface area (Å²) in [7, 11) is 1.49. The molecule has 0 aromatic rings. The molecule has 1 atom stereocenters. The fourth-order valence-corrected chi connectivity index (χ4v) is 2.47. The monoisotopic (exact) mass is 158 g/mol. The van der Waals surface area contributed by atoms with E-state index in [9.17, 15) is 4.79 Å². The van der Waals surface area contributed by atoms with Crippen LogP contribution in [0.4, 0.5) is 0 Å². The standard InChI is InChI=1S/C7H11O2P/c1-9-7(8)6-3-4-10(2)5-6/h3H,4-5H2,1-2H3. The van der Waals surface area contributed by atoms with Gasteiger partial charge in [-0.3, -0.25) is 0 Å². The Morgan fingerprint density at radius 3 is 2.90 bits per heavy atom. The minimum Gasteiger partial charge on any atom is -0.466 e. The molecule has 0 spiro atoms. The van der Waals surface area contributed by atoms with E-state index in [4.69, 9.17) is 0 Å². The van der Waals surface area contributed by atoms with Crippen LogP contribution in [0, 0.1) is 0 Å². The van der Waals surface area contributed by atoms with Crippen LogP contribution in [-0.4, -0.2) is 32.1 Å². The van der Waals surface area contributed by atoms with Crippen LogP contribution in [0.25, 0.3) is 0 Å². The summed E-state index contributed by atoms with van der Waals surface area (Å²) in [6.45, 7) is 2.20. The lowest BCUT2D eigenvalue weighted by molar-refractivity contribution is -0.135. The lowest BCUT2D eigenvalue weighted by atomic mass is 10.3. The van der Waals surface area contributed by atoms with Crippen LogP contribution in [0.3, 0.4) is 0 Å². The molecular weight excluding hydrogens is 147 g/mol. The molecule has 0 bridgehead atoms. The Hall–Kier alpha value is -0.360. The van der Waals surface area contributed by atoms with Gasteiger partial charge in [0.05, 0.1) is 7.11 Å². The number of ether oxygens (including phenoxy) is 1. The van der Waals surface area contributed by atoms with Crippen LogP contribution in [0.1, 0.15) is 0 Å². The van der Waals surface area contributed by atoms with Gasteiger partial charge in [-0.1, -0.05) is 6.08 Å². The van der Waals surface area contributed by atoms with E-state index in [0.29, 0.717) is 0 Å². The summed E-state index contributed by atoms with van der Waals surface area (Å²) in [5, 5.41) is 0. The number of hydrogen-bond acceptors (Lipinski definition) is 2. The average Bonchev–Trinajstić information content (AvgIpc) is 2.34. The lowest BCUT2D eigenvalue weighted by Crippen LogP contribution is -2.04. The fourth-order valence-electron chi connectivity index (χ4n) is 0.965. The first kappa shape index (κ1) is 7.74. The van der Waals surface area contributed by atoms with E-state index < -0.39 is 0 Å². The number of hydrogen-bond donors (Lipinski definition) is 0. The Morgan fingerprint density at radius 1 is 1.80 bits per heavy atom. The van der Waals surface area contributed by atoms with Gasteiger partial charge in [-0.25, -0.2) is 4.79 Å². The largest absolute Gasteiger partial charge is 0.466 e. The van der Waals surface area contributed by atoms with Gasteiger partial charge in [0, 0.05) is 5.57 Å². The molecular formula is C7H11O2P. The van der Waals surface area contributed by atoms with E-state index in [1.165, 1.54) is 7.11 Å². The SMILES string of the molecule is COC(=O)C1=CCP(C)C1. The number of allylic oxidation sites excluding steroid dienone is 1. The third-order valence-corrected chi connectivity index (χ3v) is 3.22. The van der Waals surface area contributed by atoms with Crippen molar-refractivity contribution in [1.29, 1.82) is 0 Å². The Kier molecular flexibility index (Phi) is 2.44. The van der Waals surface area contributed by atoms with Crippen LogP contribution >= 0.6 is 7.92 Å². The highest BCUT2D eigenvalue weighted by atomic mass is 31.1. The molecule has 3 heteroatoms. The third-order valence-electron chi connectivity index (χ3n) is 1.54. The Morgan fingerprint density at radius 2 is 2.50 bits per heavy atom. The normalized spacial score (nSPS) is 24.2. The first-order valence-corrected chi connectivity index (χ1v) is 5.36. The zero-order chi connectivity index (χ0) is 7.56. The number of carbonyl (C=O) groups excluding carboxylic acids is 1. The second-order valence-electron chi connectivity index (χ2n) is 2.42. The summed E-state index contributed by atoms with van der Waals surface area (Å²) in [5.74, 6) is -0.146. The van der Waals surface area contributed by atoms with Crippen LogP contribution in [0.2, 0.25) is 0 Å². The van der Waals surface area contributed by atoms with Crippen molar-refractivity contribution in [3.05, 3.63) is 11.6 Å². The molecule has 0 saturated carbocycles. The summed E-state index contributed by atoms with van der Waals surface area (Å²) >= 11 is 0. The van der Waals surface area contributed by atoms with Crippen molar-refractivity contribution in [1.82, 2.24) is 0 Å². The van der Waals surface area contributed by atoms with Gasteiger partial charge < -0.3 is 4.74 Å². The highest BCUT2D eigenvalue weighted by Crippen LogP contribution is 2.38. The highest BCUT2D eigenvalue weighted by molar-refractivity contribution is 7.57. The molecule has 0 aromatic carbocycles. The Bertz CT molecular complexity index is 174. The number of rotatable bonds is 1. The number of esters is 1. The molecule has 56 valence electrons. The maximum Gasteiger partial charge on any atom is 0.333 e. The fraction of sp³-hybridized carbons (Fsp3) is 0.571. The summed E-state index contributed by atoms with van der Waals surface area (Å²) in [5.41, 5.74) is 0.871. The van der Waals surface area contributed by atoms with Crippen molar-refractivity contribution in [2.75, 3.05) is 26.1 Å². The van der Waals surface area contributed by atoms with E-state index >= 15 is 0 Å². The predicted octanol–water partition coefficient (Wildman–Crippen LogP) is 1.21. The predicted molar refractivity (Wildman–Crippen MR) is 42.7 cm³/mol. The summed E-state index contributed by atoms with van der Waals surface area (Å²) < 4.78 is 4.59. The van der Waals surface area contributed by atoms with Crippen LogP contribution < -0.4 is 0 Å². The molecule has 2 nitrogen and oxygen atoms in total. The first-order chi connectivity index (χ1) is 4.74. The number of carbonyl (C=O) groups is 1. The molecule has 0 amide bonds. The number of methoxy groups -OCH3 is 1. The van der Waals surface area contributed by atoms with E-state index in [2.05, 4.69) is 11.4 Å². The lowest BCUT2D eigenvalue weighted by Gasteiger charge is -2.00. The van der Waals surface area contributed by atoms with Gasteiger partial charge >= 0.3 is 5.97 Å². The molecule has 0 saturated heterocycles. The van der Waals surface area contributed by atoms with Crippen molar-refractivity contribution in [2.24, 2.45) is 0 Å². The maximum atomic E-state index is 10.9. The quantitative estimate of drug-likeness (QED) is 0.423. The Balaban J connectivity index is 2.51. The van der Waals surface area contributed by atoms with Crippen LogP contribution in [0.15, 0.2) is 11.6 Å². The molecule has 10 heavy (non-hydrogen) atoms. The van der Waals surface area contributed by atoms with Crippen molar-refractivity contribution >= 4 is 13.9 Å². The summed E-state index contributed by atoms with van der Waals surface area (Å²) in [6, 6.07) is 0. The first-order valence-electron chi connectivity index (χ1n) is 3.20. The van der Waals surface area contributed by atoms with Gasteiger partial charge in [-0.05, 0) is 19.0 Å². The van der Waals surface area contributed by atoms with Crippen LogP contribution in [-0.2, 0) is 9.53 Å².